The molecule has 0 radical (unpaired) electrons. The normalized spacial score (nSPS) is 10.2. The molecule has 0 saturated carbocycles. The highest BCUT2D eigenvalue weighted by Crippen LogP contribution is 2.23. The first-order valence-corrected chi connectivity index (χ1v) is 5.81. The average Bonchev–Trinajstić information content (AvgIpc) is 2.15. The molecule has 3 heteroatoms. The summed E-state index contributed by atoms with van der Waals surface area (Å²) in [6, 6.07) is 11.7. The number of rotatable bonds is 2. The first kappa shape index (κ1) is 11.1. The molecule has 2 rings (SSSR count). The number of pyridine rings is 1. The number of nitrogens with zero attached hydrogens (tertiary/aromatic N) is 1. The lowest BCUT2D eigenvalue weighted by Gasteiger charge is -2.06. The predicted molar refractivity (Wildman–Crippen MR) is 67.9 cm³/mol. The molecule has 16 heavy (non-hydrogen) atoms. The second kappa shape index (κ2) is 4.66. The molecule has 0 fully saturated rings. The Morgan fingerprint density at radius 2 is 1.75 bits per heavy atom. The summed E-state index contributed by atoms with van der Waals surface area (Å²) in [4.78, 5) is 4.22. The van der Waals surface area contributed by atoms with Crippen LogP contribution in [0.1, 0.15) is 11.1 Å². The van der Waals surface area contributed by atoms with Gasteiger partial charge in [0.05, 0.1) is 0 Å². The molecule has 82 valence electrons. The Morgan fingerprint density at radius 3 is 2.38 bits per heavy atom. The Hall–Kier alpha value is -1.35. The summed E-state index contributed by atoms with van der Waals surface area (Å²) in [6.07, 6.45) is 0. The molecular formula is C13H12BrNO. The first-order valence-electron chi connectivity index (χ1n) is 5.02. The molecule has 0 aliphatic carbocycles. The van der Waals surface area contributed by atoms with Crippen LogP contribution in [0, 0.1) is 13.8 Å². The first-order chi connectivity index (χ1) is 7.63. The lowest BCUT2D eigenvalue weighted by atomic mass is 10.1. The van der Waals surface area contributed by atoms with Gasteiger partial charge in [0.25, 0.3) is 0 Å². The summed E-state index contributed by atoms with van der Waals surface area (Å²) in [6.45, 7) is 4.10. The zero-order chi connectivity index (χ0) is 11.5. The third-order valence-electron chi connectivity index (χ3n) is 2.11. The molecule has 0 spiro atoms. The molecule has 0 bridgehead atoms. The van der Waals surface area contributed by atoms with Crippen LogP contribution >= 0.6 is 15.9 Å². The fraction of sp³-hybridized carbons (Fsp3) is 0.154. The molecule has 0 unspecified atom stereocenters. The van der Waals surface area contributed by atoms with E-state index in [4.69, 9.17) is 4.74 Å². The van der Waals surface area contributed by atoms with Crippen molar-refractivity contribution in [2.24, 2.45) is 0 Å². The van der Waals surface area contributed by atoms with Crippen molar-refractivity contribution in [3.05, 3.63) is 52.1 Å². The van der Waals surface area contributed by atoms with Crippen molar-refractivity contribution in [3.63, 3.8) is 0 Å². The molecule has 0 N–H and O–H groups in total. The van der Waals surface area contributed by atoms with Crippen LogP contribution in [-0.4, -0.2) is 4.98 Å². The van der Waals surface area contributed by atoms with Gasteiger partial charge in [-0.25, -0.2) is 4.98 Å². The third-order valence-corrected chi connectivity index (χ3v) is 2.55. The van der Waals surface area contributed by atoms with E-state index in [1.54, 1.807) is 0 Å². The topological polar surface area (TPSA) is 22.1 Å². The second-order valence-corrected chi connectivity index (χ2v) is 4.54. The van der Waals surface area contributed by atoms with Crippen LogP contribution in [0.2, 0.25) is 0 Å². The zero-order valence-corrected chi connectivity index (χ0v) is 10.8. The average molecular weight is 278 g/mol. The maximum absolute atomic E-state index is 5.68. The molecule has 1 aromatic heterocycles. The van der Waals surface area contributed by atoms with Crippen LogP contribution in [-0.2, 0) is 0 Å². The highest BCUT2D eigenvalue weighted by Gasteiger charge is 2.00. The van der Waals surface area contributed by atoms with Gasteiger partial charge in [-0.15, -0.1) is 0 Å². The van der Waals surface area contributed by atoms with Gasteiger partial charge in [0.15, 0.2) is 0 Å². The molecule has 0 aliphatic heterocycles. The minimum absolute atomic E-state index is 0.597. The van der Waals surface area contributed by atoms with E-state index in [0.29, 0.717) is 5.88 Å². The van der Waals surface area contributed by atoms with Crippen LogP contribution in [0.4, 0.5) is 0 Å². The molecule has 0 amide bonds. The van der Waals surface area contributed by atoms with Gasteiger partial charge in [0.2, 0.25) is 5.88 Å². The number of benzene rings is 1. The van der Waals surface area contributed by atoms with E-state index in [0.717, 1.165) is 10.4 Å². The fourth-order valence-electron chi connectivity index (χ4n) is 1.56. The van der Waals surface area contributed by atoms with Crippen molar-refractivity contribution in [2.75, 3.05) is 0 Å². The predicted octanol–water partition coefficient (Wildman–Crippen LogP) is 4.25. The summed E-state index contributed by atoms with van der Waals surface area (Å²) in [5.74, 6) is 1.42. The number of hydrogen-bond donors (Lipinski definition) is 0. The maximum Gasteiger partial charge on any atom is 0.220 e. The molecule has 0 aliphatic rings. The Bertz CT molecular complexity index is 491. The highest BCUT2D eigenvalue weighted by molar-refractivity contribution is 9.10. The van der Waals surface area contributed by atoms with E-state index in [2.05, 4.69) is 27.0 Å². The van der Waals surface area contributed by atoms with Gasteiger partial charge in [-0.3, -0.25) is 0 Å². The quantitative estimate of drug-likeness (QED) is 0.766. The van der Waals surface area contributed by atoms with Crippen LogP contribution < -0.4 is 4.74 Å². The number of hydrogen-bond acceptors (Lipinski definition) is 2. The van der Waals surface area contributed by atoms with Gasteiger partial charge < -0.3 is 4.74 Å². The van der Waals surface area contributed by atoms with Crippen LogP contribution in [0.5, 0.6) is 11.6 Å². The molecule has 2 aromatic rings. The smallest absolute Gasteiger partial charge is 0.220 e. The molecule has 0 atom stereocenters. The Balaban J connectivity index is 2.27. The molecule has 1 heterocycles. The highest BCUT2D eigenvalue weighted by atomic mass is 79.9. The Labute approximate surface area is 103 Å². The van der Waals surface area contributed by atoms with Gasteiger partial charge in [0, 0.05) is 6.07 Å². The van der Waals surface area contributed by atoms with Crippen molar-refractivity contribution >= 4 is 15.9 Å². The van der Waals surface area contributed by atoms with Gasteiger partial charge in [-0.2, -0.15) is 0 Å². The molecular weight excluding hydrogens is 266 g/mol. The van der Waals surface area contributed by atoms with Crippen molar-refractivity contribution in [3.8, 4) is 11.6 Å². The third kappa shape index (κ3) is 2.83. The number of halogens is 1. The van der Waals surface area contributed by atoms with E-state index in [1.807, 2.05) is 44.2 Å². The van der Waals surface area contributed by atoms with E-state index in [1.165, 1.54) is 11.1 Å². The zero-order valence-electron chi connectivity index (χ0n) is 9.20. The summed E-state index contributed by atoms with van der Waals surface area (Å²) in [7, 11) is 0. The lowest BCUT2D eigenvalue weighted by molar-refractivity contribution is 0.461. The van der Waals surface area contributed by atoms with Crippen LogP contribution in [0.15, 0.2) is 41.0 Å². The minimum Gasteiger partial charge on any atom is -0.439 e. The van der Waals surface area contributed by atoms with Crippen molar-refractivity contribution in [1.82, 2.24) is 4.98 Å². The van der Waals surface area contributed by atoms with Crippen molar-refractivity contribution in [2.45, 2.75) is 13.8 Å². The minimum atomic E-state index is 0.597. The maximum atomic E-state index is 5.68. The lowest BCUT2D eigenvalue weighted by Crippen LogP contribution is -1.89. The molecule has 0 saturated heterocycles. The SMILES string of the molecule is Cc1cc(C)cc(Oc2cccc(Br)n2)c1. The fourth-order valence-corrected chi connectivity index (χ4v) is 1.89. The monoisotopic (exact) mass is 277 g/mol. The summed E-state index contributed by atoms with van der Waals surface area (Å²) >= 11 is 3.31. The van der Waals surface area contributed by atoms with Crippen molar-refractivity contribution in [1.29, 1.82) is 0 Å². The van der Waals surface area contributed by atoms with Gasteiger partial charge in [0.1, 0.15) is 10.4 Å². The summed E-state index contributed by atoms with van der Waals surface area (Å²) in [5, 5.41) is 0. The van der Waals surface area contributed by atoms with E-state index < -0.39 is 0 Å². The number of aryl methyl sites for hydroxylation is 2. The van der Waals surface area contributed by atoms with Crippen LogP contribution in [0.25, 0.3) is 0 Å². The van der Waals surface area contributed by atoms with Gasteiger partial charge in [-0.1, -0.05) is 12.1 Å². The Kier molecular flexibility index (Phi) is 3.25. The largest absolute Gasteiger partial charge is 0.439 e. The van der Waals surface area contributed by atoms with Gasteiger partial charge >= 0.3 is 0 Å². The van der Waals surface area contributed by atoms with Crippen LogP contribution in [0.3, 0.4) is 0 Å². The Morgan fingerprint density at radius 1 is 1.06 bits per heavy atom. The number of aromatic nitrogens is 1. The van der Waals surface area contributed by atoms with E-state index in [-0.39, 0.29) is 0 Å². The second-order valence-electron chi connectivity index (χ2n) is 3.72. The molecule has 1 aromatic carbocycles. The van der Waals surface area contributed by atoms with Crippen molar-refractivity contribution < 1.29 is 4.74 Å². The summed E-state index contributed by atoms with van der Waals surface area (Å²) in [5.41, 5.74) is 2.37. The number of ether oxygens (including phenoxy) is 1. The van der Waals surface area contributed by atoms with Gasteiger partial charge in [-0.05, 0) is 59.1 Å². The standard InChI is InChI=1S/C13H12BrNO/c1-9-6-10(2)8-11(7-9)16-13-5-3-4-12(14)15-13/h3-8H,1-2H3. The van der Waals surface area contributed by atoms with E-state index in [9.17, 15) is 0 Å². The molecule has 2 nitrogen and oxygen atoms in total. The summed E-state index contributed by atoms with van der Waals surface area (Å²) < 4.78 is 6.45. The van der Waals surface area contributed by atoms with E-state index >= 15 is 0 Å².